The normalized spacial score (nSPS) is 13.7. The lowest BCUT2D eigenvalue weighted by molar-refractivity contribution is -0.117. The van der Waals surface area contributed by atoms with Gasteiger partial charge in [-0.25, -0.2) is 4.79 Å². The van der Waals surface area contributed by atoms with Crippen LogP contribution >= 0.6 is 0 Å². The second-order valence-electron chi connectivity index (χ2n) is 6.13. The van der Waals surface area contributed by atoms with Gasteiger partial charge in [-0.15, -0.1) is 0 Å². The van der Waals surface area contributed by atoms with Crippen molar-refractivity contribution in [2.75, 3.05) is 5.32 Å². The number of hydrogen-bond acceptors (Lipinski definition) is 2. The van der Waals surface area contributed by atoms with Crippen LogP contribution in [0.5, 0.6) is 0 Å². The summed E-state index contributed by atoms with van der Waals surface area (Å²) in [6.45, 7) is 3.86. The van der Waals surface area contributed by atoms with Crippen LogP contribution in [0.1, 0.15) is 34.3 Å². The molecule has 0 unspecified atom stereocenters. The van der Waals surface area contributed by atoms with Crippen molar-refractivity contribution in [3.63, 3.8) is 0 Å². The van der Waals surface area contributed by atoms with Crippen LogP contribution in [0.4, 0.5) is 5.69 Å². The Morgan fingerprint density at radius 1 is 1.04 bits per heavy atom. The Morgan fingerprint density at radius 3 is 2.39 bits per heavy atom. The van der Waals surface area contributed by atoms with E-state index >= 15 is 0 Å². The molecule has 1 fully saturated rings. The van der Waals surface area contributed by atoms with Crippen LogP contribution in [0.25, 0.3) is 11.1 Å². The lowest BCUT2D eigenvalue weighted by Gasteiger charge is -2.12. The first kappa shape index (κ1) is 15.3. The number of aryl methyl sites for hydroxylation is 2. The van der Waals surface area contributed by atoms with Gasteiger partial charge in [0.1, 0.15) is 0 Å². The van der Waals surface area contributed by atoms with E-state index in [1.54, 1.807) is 12.1 Å². The third-order valence-electron chi connectivity index (χ3n) is 4.23. The van der Waals surface area contributed by atoms with Gasteiger partial charge in [0, 0.05) is 11.6 Å². The predicted molar refractivity (Wildman–Crippen MR) is 89.7 cm³/mol. The minimum atomic E-state index is -0.930. The number of anilines is 1. The van der Waals surface area contributed by atoms with Crippen molar-refractivity contribution in [2.24, 2.45) is 5.92 Å². The Hall–Kier alpha value is -2.62. The minimum absolute atomic E-state index is 0.0863. The molecule has 1 aliphatic rings. The number of hydrogen-bond donors (Lipinski definition) is 2. The zero-order valence-corrected chi connectivity index (χ0v) is 13.2. The second-order valence-corrected chi connectivity index (χ2v) is 6.13. The first-order valence-electron chi connectivity index (χ1n) is 7.71. The van der Waals surface area contributed by atoms with Crippen LogP contribution in [-0.2, 0) is 4.79 Å². The molecule has 0 atom stereocenters. The van der Waals surface area contributed by atoms with Crippen molar-refractivity contribution in [2.45, 2.75) is 26.7 Å². The molecule has 1 aliphatic carbocycles. The van der Waals surface area contributed by atoms with E-state index in [1.165, 1.54) is 0 Å². The van der Waals surface area contributed by atoms with Crippen LogP contribution < -0.4 is 5.32 Å². The van der Waals surface area contributed by atoms with Crippen LogP contribution in [0, 0.1) is 19.8 Å². The van der Waals surface area contributed by atoms with E-state index in [0.717, 1.165) is 40.8 Å². The largest absolute Gasteiger partial charge is 0.478 e. The molecule has 4 nitrogen and oxygen atoms in total. The van der Waals surface area contributed by atoms with E-state index in [-0.39, 0.29) is 17.4 Å². The fourth-order valence-corrected chi connectivity index (χ4v) is 2.63. The highest BCUT2D eigenvalue weighted by molar-refractivity contribution is 5.95. The van der Waals surface area contributed by atoms with Crippen molar-refractivity contribution < 1.29 is 14.7 Å². The van der Waals surface area contributed by atoms with Gasteiger partial charge in [0.2, 0.25) is 5.91 Å². The fourth-order valence-electron chi connectivity index (χ4n) is 2.63. The predicted octanol–water partition coefficient (Wildman–Crippen LogP) is 4.02. The highest BCUT2D eigenvalue weighted by Gasteiger charge is 2.29. The molecule has 0 radical (unpaired) electrons. The van der Waals surface area contributed by atoms with Gasteiger partial charge in [-0.3, -0.25) is 4.79 Å². The van der Waals surface area contributed by atoms with Crippen LogP contribution in [0.3, 0.4) is 0 Å². The van der Waals surface area contributed by atoms with Gasteiger partial charge in [0.15, 0.2) is 0 Å². The molecule has 3 rings (SSSR count). The molecule has 0 heterocycles. The molecule has 4 heteroatoms. The fraction of sp³-hybridized carbons (Fsp3) is 0.263. The number of carboxylic acids is 1. The van der Waals surface area contributed by atoms with E-state index in [9.17, 15) is 9.59 Å². The average molecular weight is 309 g/mol. The van der Waals surface area contributed by atoms with Gasteiger partial charge < -0.3 is 10.4 Å². The smallest absolute Gasteiger partial charge is 0.335 e. The van der Waals surface area contributed by atoms with Crippen molar-refractivity contribution in [1.29, 1.82) is 0 Å². The number of carboxylic acid groups (broad SMARTS) is 1. The van der Waals surface area contributed by atoms with Crippen LogP contribution in [0.15, 0.2) is 36.4 Å². The number of carbonyl (C=O) groups is 2. The second kappa shape index (κ2) is 5.88. The number of aromatic carboxylic acids is 1. The molecular weight excluding hydrogens is 290 g/mol. The van der Waals surface area contributed by atoms with Gasteiger partial charge in [-0.05, 0) is 67.1 Å². The van der Waals surface area contributed by atoms with E-state index in [1.807, 2.05) is 38.1 Å². The Morgan fingerprint density at radius 2 is 1.78 bits per heavy atom. The van der Waals surface area contributed by atoms with Gasteiger partial charge in [0.05, 0.1) is 5.56 Å². The summed E-state index contributed by atoms with van der Waals surface area (Å²) in [5, 5.41) is 12.1. The summed E-state index contributed by atoms with van der Waals surface area (Å²) in [4.78, 5) is 23.0. The summed E-state index contributed by atoms with van der Waals surface area (Å²) in [5.41, 5.74) is 4.95. The lowest BCUT2D eigenvalue weighted by atomic mass is 9.97. The number of amides is 1. The summed E-state index contributed by atoms with van der Waals surface area (Å²) in [6.07, 6.45) is 1.95. The van der Waals surface area contributed by atoms with Gasteiger partial charge in [-0.1, -0.05) is 18.2 Å². The third kappa shape index (κ3) is 3.26. The monoisotopic (exact) mass is 309 g/mol. The van der Waals surface area contributed by atoms with Crippen molar-refractivity contribution >= 4 is 17.6 Å². The van der Waals surface area contributed by atoms with Crippen molar-refractivity contribution in [1.82, 2.24) is 0 Å². The van der Waals surface area contributed by atoms with Crippen molar-refractivity contribution in [3.05, 3.63) is 53.1 Å². The first-order valence-corrected chi connectivity index (χ1v) is 7.71. The maximum atomic E-state index is 12.0. The van der Waals surface area contributed by atoms with Gasteiger partial charge in [-0.2, -0.15) is 0 Å². The standard InChI is InChI=1S/C19H19NO3/c1-11-3-4-14(10-17(11)20-18(21)13-5-6-13)16-8-7-15(19(22)23)9-12(16)2/h3-4,7-10,13H,5-6H2,1-2H3,(H,20,21)(H,22,23). The van der Waals surface area contributed by atoms with Gasteiger partial charge >= 0.3 is 5.97 Å². The summed E-state index contributed by atoms with van der Waals surface area (Å²) in [6, 6.07) is 11.0. The molecule has 1 saturated carbocycles. The van der Waals surface area contributed by atoms with E-state index in [0.29, 0.717) is 0 Å². The van der Waals surface area contributed by atoms with Crippen molar-refractivity contribution in [3.8, 4) is 11.1 Å². The lowest BCUT2D eigenvalue weighted by Crippen LogP contribution is -2.14. The zero-order valence-electron chi connectivity index (χ0n) is 13.2. The molecule has 1 amide bonds. The maximum Gasteiger partial charge on any atom is 0.335 e. The van der Waals surface area contributed by atoms with Crippen LogP contribution in [-0.4, -0.2) is 17.0 Å². The van der Waals surface area contributed by atoms with E-state index in [2.05, 4.69) is 5.32 Å². The Bertz CT molecular complexity index is 791. The third-order valence-corrected chi connectivity index (χ3v) is 4.23. The molecular formula is C19H19NO3. The van der Waals surface area contributed by atoms with E-state index < -0.39 is 5.97 Å². The highest BCUT2D eigenvalue weighted by atomic mass is 16.4. The molecule has 0 spiro atoms. The Kier molecular flexibility index (Phi) is 3.90. The minimum Gasteiger partial charge on any atom is -0.478 e. The zero-order chi connectivity index (χ0) is 16.6. The summed E-state index contributed by atoms with van der Waals surface area (Å²) in [5.74, 6) is -0.682. The molecule has 0 aliphatic heterocycles. The average Bonchev–Trinajstić information content (AvgIpc) is 3.34. The molecule has 0 saturated heterocycles. The van der Waals surface area contributed by atoms with Crippen LogP contribution in [0.2, 0.25) is 0 Å². The summed E-state index contributed by atoms with van der Waals surface area (Å²) < 4.78 is 0. The molecule has 23 heavy (non-hydrogen) atoms. The number of benzene rings is 2. The number of rotatable bonds is 4. The maximum absolute atomic E-state index is 12.0. The van der Waals surface area contributed by atoms with E-state index in [4.69, 9.17) is 5.11 Å². The Balaban J connectivity index is 1.93. The summed E-state index contributed by atoms with van der Waals surface area (Å²) >= 11 is 0. The highest BCUT2D eigenvalue weighted by Crippen LogP contribution is 2.32. The van der Waals surface area contributed by atoms with Gasteiger partial charge in [0.25, 0.3) is 0 Å². The topological polar surface area (TPSA) is 66.4 Å². The molecule has 2 N–H and O–H groups in total. The molecule has 0 aromatic heterocycles. The Labute approximate surface area is 135 Å². The molecule has 2 aromatic rings. The molecule has 2 aromatic carbocycles. The number of nitrogens with one attached hydrogen (secondary N) is 1. The molecule has 0 bridgehead atoms. The summed E-state index contributed by atoms with van der Waals surface area (Å²) in [7, 11) is 0. The number of carbonyl (C=O) groups excluding carboxylic acids is 1. The molecule has 118 valence electrons. The quantitative estimate of drug-likeness (QED) is 0.896. The SMILES string of the molecule is Cc1ccc(-c2ccc(C(=O)O)cc2C)cc1NC(=O)C1CC1. The first-order chi connectivity index (χ1) is 11.0.